The summed E-state index contributed by atoms with van der Waals surface area (Å²) in [5.74, 6) is 1.65. The highest BCUT2D eigenvalue weighted by atomic mass is 16.5. The van der Waals surface area contributed by atoms with E-state index in [1.165, 1.54) is 0 Å². The Morgan fingerprint density at radius 1 is 1.07 bits per heavy atom. The van der Waals surface area contributed by atoms with Crippen molar-refractivity contribution in [1.29, 1.82) is 0 Å². The first-order valence-corrected chi connectivity index (χ1v) is 14.4. The maximum absolute atomic E-state index is 12.5. The minimum absolute atomic E-state index is 0.302. The van der Waals surface area contributed by atoms with Gasteiger partial charge in [0.25, 0.3) is 0 Å². The van der Waals surface area contributed by atoms with E-state index in [4.69, 9.17) is 19.2 Å². The molecule has 0 aliphatic carbocycles. The number of likely N-dealkylation sites (tertiary alicyclic amines) is 1. The molecule has 0 unspecified atom stereocenters. The third-order valence-electron chi connectivity index (χ3n) is 7.12. The van der Waals surface area contributed by atoms with Gasteiger partial charge in [-0.15, -0.1) is 0 Å². The average Bonchev–Trinajstić information content (AvgIpc) is 3.45. The van der Waals surface area contributed by atoms with Gasteiger partial charge in [-0.2, -0.15) is 0 Å². The monoisotopic (exact) mass is 559 g/mol. The van der Waals surface area contributed by atoms with E-state index < -0.39 is 0 Å². The van der Waals surface area contributed by atoms with Crippen LogP contribution in [0.15, 0.2) is 65.4 Å². The first-order chi connectivity index (χ1) is 20.1. The van der Waals surface area contributed by atoms with Crippen molar-refractivity contribution in [2.45, 2.75) is 39.5 Å². The molecule has 0 bridgehead atoms. The van der Waals surface area contributed by atoms with Crippen LogP contribution in [0.3, 0.4) is 0 Å². The lowest BCUT2D eigenvalue weighted by Gasteiger charge is -2.28. The smallest absolute Gasteiger partial charge is 0.323 e. The summed E-state index contributed by atoms with van der Waals surface area (Å²) >= 11 is 0. The molecule has 1 aromatic carbocycles. The highest BCUT2D eigenvalue weighted by Crippen LogP contribution is 2.36. The SMILES string of the molecule is C=C/C=C\C(=C/C)NC(=O)Nc1ccc(-c2nc(N3CCOCC3)c3onc(C4CCN(C)CC4)c3n2)cc1.CC. The minimum atomic E-state index is -0.330. The zero-order valence-electron chi connectivity index (χ0n) is 24.5. The molecule has 0 atom stereocenters. The number of aromatic nitrogens is 3. The maximum atomic E-state index is 12.5. The van der Waals surface area contributed by atoms with Crippen LogP contribution in [-0.2, 0) is 4.74 Å². The summed E-state index contributed by atoms with van der Waals surface area (Å²) in [4.78, 5) is 26.9. The lowest BCUT2D eigenvalue weighted by molar-refractivity contribution is 0.122. The van der Waals surface area contributed by atoms with Gasteiger partial charge in [0.2, 0.25) is 5.58 Å². The topological polar surface area (TPSA) is 109 Å². The second-order valence-electron chi connectivity index (χ2n) is 9.79. The molecule has 0 saturated carbocycles. The number of ether oxygens (including phenoxy) is 1. The fourth-order valence-corrected chi connectivity index (χ4v) is 4.88. The van der Waals surface area contributed by atoms with Crippen LogP contribution in [0.4, 0.5) is 16.3 Å². The molecule has 5 rings (SSSR count). The van der Waals surface area contributed by atoms with Crippen LogP contribution in [0.2, 0.25) is 0 Å². The average molecular weight is 560 g/mol. The van der Waals surface area contributed by atoms with Crippen molar-refractivity contribution in [3.05, 3.63) is 66.5 Å². The van der Waals surface area contributed by atoms with E-state index in [-0.39, 0.29) is 6.03 Å². The molecule has 3 aromatic rings. The molecule has 2 saturated heterocycles. The molecule has 218 valence electrons. The second kappa shape index (κ2) is 14.6. The van der Waals surface area contributed by atoms with E-state index >= 15 is 0 Å². The number of carbonyl (C=O) groups excluding carboxylic acids is 1. The molecular weight excluding hydrogens is 518 g/mol. The van der Waals surface area contributed by atoms with Gasteiger partial charge in [-0.3, -0.25) is 0 Å². The largest absolute Gasteiger partial charge is 0.378 e. The molecule has 4 heterocycles. The van der Waals surface area contributed by atoms with Crippen LogP contribution in [-0.4, -0.2) is 72.5 Å². The van der Waals surface area contributed by atoms with Crippen LogP contribution < -0.4 is 15.5 Å². The number of carbonyl (C=O) groups is 1. The van der Waals surface area contributed by atoms with E-state index in [2.05, 4.69) is 39.2 Å². The van der Waals surface area contributed by atoms with Crippen LogP contribution in [0.5, 0.6) is 0 Å². The summed E-state index contributed by atoms with van der Waals surface area (Å²) in [5, 5.41) is 10.2. The number of rotatable bonds is 7. The first-order valence-electron chi connectivity index (χ1n) is 14.4. The van der Waals surface area contributed by atoms with Crippen molar-refractivity contribution in [1.82, 2.24) is 25.3 Å². The standard InChI is InChI=1S/C29H35N7O3.C2H6/c1-4-6-7-22(5-2)30-29(37)31-23-10-8-21(9-11-23)27-32-25-24(20-12-14-35(3)15-13-20)34-39-26(25)28(33-27)36-16-18-38-19-17-36;1-2/h4-11,20H,1,12-19H2,2-3H3,(H2,30,31,37);1-2H3/b7-6-,22-5+;. The number of fused-ring (bicyclic) bond motifs is 1. The molecule has 41 heavy (non-hydrogen) atoms. The molecule has 0 spiro atoms. The van der Waals surface area contributed by atoms with Gasteiger partial charge < -0.3 is 29.7 Å². The van der Waals surface area contributed by atoms with Gasteiger partial charge in [0.1, 0.15) is 11.2 Å². The summed E-state index contributed by atoms with van der Waals surface area (Å²) < 4.78 is 11.5. The lowest BCUT2D eigenvalue weighted by atomic mass is 9.93. The van der Waals surface area contributed by atoms with Crippen LogP contribution in [0.25, 0.3) is 22.5 Å². The Morgan fingerprint density at radius 3 is 2.44 bits per heavy atom. The lowest BCUT2D eigenvalue weighted by Crippen LogP contribution is -2.37. The zero-order valence-corrected chi connectivity index (χ0v) is 24.5. The van der Waals surface area contributed by atoms with E-state index in [1.54, 1.807) is 18.2 Å². The molecule has 2 aromatic heterocycles. The van der Waals surface area contributed by atoms with Crippen molar-refractivity contribution in [3.8, 4) is 11.4 Å². The molecule has 2 amide bonds. The van der Waals surface area contributed by atoms with E-state index in [1.807, 2.05) is 51.1 Å². The summed E-state index contributed by atoms with van der Waals surface area (Å²) in [5.41, 5.74) is 4.51. The minimum Gasteiger partial charge on any atom is -0.378 e. The number of urea groups is 1. The van der Waals surface area contributed by atoms with Crippen molar-refractivity contribution in [2.75, 3.05) is 56.7 Å². The third-order valence-corrected chi connectivity index (χ3v) is 7.12. The van der Waals surface area contributed by atoms with Gasteiger partial charge in [-0.1, -0.05) is 43.8 Å². The Kier molecular flexibility index (Phi) is 10.6. The fraction of sp³-hybridized carbons (Fsp3) is 0.419. The van der Waals surface area contributed by atoms with Crippen LogP contribution in [0.1, 0.15) is 45.2 Å². The first kappa shape index (κ1) is 30.0. The van der Waals surface area contributed by atoms with Gasteiger partial charge >= 0.3 is 6.03 Å². The fourth-order valence-electron chi connectivity index (χ4n) is 4.88. The Hall–Kier alpha value is -4.02. The van der Waals surface area contributed by atoms with Gasteiger partial charge in [-0.25, -0.2) is 14.8 Å². The Balaban J connectivity index is 0.00000189. The quantitative estimate of drug-likeness (QED) is 0.354. The van der Waals surface area contributed by atoms with Crippen molar-refractivity contribution in [2.24, 2.45) is 0 Å². The highest BCUT2D eigenvalue weighted by molar-refractivity contribution is 5.91. The molecule has 2 aliphatic heterocycles. The van der Waals surface area contributed by atoms with Gasteiger partial charge in [0.05, 0.1) is 13.2 Å². The summed E-state index contributed by atoms with van der Waals surface area (Å²) in [6.07, 6.45) is 9.05. The molecule has 10 nitrogen and oxygen atoms in total. The van der Waals surface area contributed by atoms with E-state index in [0.717, 1.165) is 61.6 Å². The number of piperidine rings is 1. The number of hydrogen-bond donors (Lipinski definition) is 2. The number of anilines is 2. The number of amides is 2. The number of hydrogen-bond acceptors (Lipinski definition) is 8. The van der Waals surface area contributed by atoms with Crippen molar-refractivity contribution in [3.63, 3.8) is 0 Å². The molecule has 2 N–H and O–H groups in total. The summed E-state index contributed by atoms with van der Waals surface area (Å²) in [7, 11) is 2.15. The van der Waals surface area contributed by atoms with Crippen LogP contribution in [0, 0.1) is 0 Å². The van der Waals surface area contributed by atoms with Gasteiger partial charge in [-0.05, 0) is 70.2 Å². The van der Waals surface area contributed by atoms with Crippen LogP contribution >= 0.6 is 0 Å². The Morgan fingerprint density at radius 2 is 1.78 bits per heavy atom. The van der Waals surface area contributed by atoms with Crippen molar-refractivity contribution < 1.29 is 14.1 Å². The summed E-state index contributed by atoms with van der Waals surface area (Å²) in [6, 6.07) is 7.19. The predicted molar refractivity (Wildman–Crippen MR) is 164 cm³/mol. The Labute approximate surface area is 242 Å². The number of nitrogens with one attached hydrogen (secondary N) is 2. The number of nitrogens with zero attached hydrogens (tertiary/aromatic N) is 5. The van der Waals surface area contributed by atoms with E-state index in [9.17, 15) is 4.79 Å². The maximum Gasteiger partial charge on any atom is 0.323 e. The number of allylic oxidation sites excluding steroid dienone is 4. The molecule has 2 fully saturated rings. The van der Waals surface area contributed by atoms with E-state index in [0.29, 0.717) is 41.9 Å². The second-order valence-corrected chi connectivity index (χ2v) is 9.79. The number of morpholine rings is 1. The molecule has 0 radical (unpaired) electrons. The third kappa shape index (κ3) is 7.39. The number of benzene rings is 1. The molecule has 10 heteroatoms. The normalized spacial score (nSPS) is 16.9. The van der Waals surface area contributed by atoms with Gasteiger partial charge in [0.15, 0.2) is 11.6 Å². The predicted octanol–water partition coefficient (Wildman–Crippen LogP) is 5.72. The van der Waals surface area contributed by atoms with Crippen molar-refractivity contribution >= 4 is 28.6 Å². The zero-order chi connectivity index (χ0) is 29.2. The molecular formula is C31H41N7O3. The van der Waals surface area contributed by atoms with Gasteiger partial charge in [0, 0.05) is 36.0 Å². The summed E-state index contributed by atoms with van der Waals surface area (Å²) in [6.45, 7) is 14.3. The Bertz CT molecular complexity index is 1370. The highest BCUT2D eigenvalue weighted by Gasteiger charge is 2.28. The molecule has 2 aliphatic rings.